The van der Waals surface area contributed by atoms with Gasteiger partial charge in [-0.1, -0.05) is 6.92 Å². The summed E-state index contributed by atoms with van der Waals surface area (Å²) in [4.78, 5) is 6.87. The second-order valence-corrected chi connectivity index (χ2v) is 4.50. The molecule has 1 saturated heterocycles. The summed E-state index contributed by atoms with van der Waals surface area (Å²) in [5, 5.41) is 0. The van der Waals surface area contributed by atoms with E-state index in [9.17, 15) is 0 Å². The number of pyridine rings is 1. The van der Waals surface area contributed by atoms with Crippen LogP contribution in [-0.4, -0.2) is 18.1 Å². The Morgan fingerprint density at radius 3 is 2.62 bits per heavy atom. The highest BCUT2D eigenvalue weighted by Crippen LogP contribution is 2.20. The third-order valence-corrected chi connectivity index (χ3v) is 3.31. The van der Waals surface area contributed by atoms with Crippen LogP contribution in [0.25, 0.3) is 0 Å². The van der Waals surface area contributed by atoms with E-state index in [1.165, 1.54) is 38.0 Å². The van der Waals surface area contributed by atoms with Crippen molar-refractivity contribution in [3.63, 3.8) is 0 Å². The summed E-state index contributed by atoms with van der Waals surface area (Å²) in [6.07, 6.45) is 6.88. The number of aromatic nitrogens is 1. The molecule has 1 aromatic heterocycles. The van der Waals surface area contributed by atoms with Crippen molar-refractivity contribution in [2.24, 2.45) is 5.73 Å². The first-order chi connectivity index (χ1) is 7.81. The van der Waals surface area contributed by atoms with E-state index in [4.69, 9.17) is 5.73 Å². The Morgan fingerprint density at radius 2 is 2.06 bits per heavy atom. The van der Waals surface area contributed by atoms with Crippen LogP contribution in [0.1, 0.15) is 44.3 Å². The van der Waals surface area contributed by atoms with Gasteiger partial charge < -0.3 is 10.6 Å². The second kappa shape index (κ2) is 5.30. The number of rotatable bonds is 3. The lowest BCUT2D eigenvalue weighted by atomic mass is 10.1. The highest BCUT2D eigenvalue weighted by atomic mass is 15.1. The number of piperidine rings is 1. The SMILES string of the molecule is CC[C@H](N)c1ccc(N2CCCCC2)cn1. The Hall–Kier alpha value is -1.09. The molecule has 2 N–H and O–H groups in total. The van der Waals surface area contributed by atoms with E-state index < -0.39 is 0 Å². The molecule has 0 aromatic carbocycles. The summed E-state index contributed by atoms with van der Waals surface area (Å²) in [6.45, 7) is 4.42. The molecular formula is C13H21N3. The lowest BCUT2D eigenvalue weighted by molar-refractivity contribution is 0.576. The predicted octanol–water partition coefficient (Wildman–Crippen LogP) is 2.48. The van der Waals surface area contributed by atoms with Crippen molar-refractivity contribution in [3.05, 3.63) is 24.0 Å². The zero-order valence-corrected chi connectivity index (χ0v) is 10.0. The van der Waals surface area contributed by atoms with Crippen LogP contribution in [0.3, 0.4) is 0 Å². The fourth-order valence-electron chi connectivity index (χ4n) is 2.17. The molecule has 2 heterocycles. The fraction of sp³-hybridized carbons (Fsp3) is 0.615. The van der Waals surface area contributed by atoms with Crippen LogP contribution in [0.2, 0.25) is 0 Å². The molecule has 2 rings (SSSR count). The minimum Gasteiger partial charge on any atom is -0.370 e. The molecule has 88 valence electrons. The largest absolute Gasteiger partial charge is 0.370 e. The van der Waals surface area contributed by atoms with Gasteiger partial charge in [0.25, 0.3) is 0 Å². The maximum absolute atomic E-state index is 5.95. The van der Waals surface area contributed by atoms with E-state index in [1.807, 2.05) is 6.20 Å². The molecule has 0 bridgehead atoms. The van der Waals surface area contributed by atoms with Crippen LogP contribution in [0.4, 0.5) is 5.69 Å². The third-order valence-electron chi connectivity index (χ3n) is 3.31. The van der Waals surface area contributed by atoms with Gasteiger partial charge in [-0.25, -0.2) is 0 Å². The van der Waals surface area contributed by atoms with Crippen molar-refractivity contribution in [1.82, 2.24) is 4.98 Å². The molecule has 0 unspecified atom stereocenters. The maximum Gasteiger partial charge on any atom is 0.0572 e. The van der Waals surface area contributed by atoms with Gasteiger partial charge in [0, 0.05) is 19.1 Å². The number of nitrogens with zero attached hydrogens (tertiary/aromatic N) is 2. The quantitative estimate of drug-likeness (QED) is 0.849. The highest BCUT2D eigenvalue weighted by Gasteiger charge is 2.11. The van der Waals surface area contributed by atoms with Crippen molar-refractivity contribution in [1.29, 1.82) is 0 Å². The van der Waals surface area contributed by atoms with Crippen LogP contribution in [-0.2, 0) is 0 Å². The highest BCUT2D eigenvalue weighted by molar-refractivity contribution is 5.45. The van der Waals surface area contributed by atoms with Crippen LogP contribution in [0.15, 0.2) is 18.3 Å². The van der Waals surface area contributed by atoms with Crippen molar-refractivity contribution < 1.29 is 0 Å². The zero-order chi connectivity index (χ0) is 11.4. The summed E-state index contributed by atoms with van der Waals surface area (Å²) in [5.74, 6) is 0. The van der Waals surface area contributed by atoms with Gasteiger partial charge in [-0.3, -0.25) is 4.98 Å². The molecule has 0 saturated carbocycles. The van der Waals surface area contributed by atoms with E-state index in [0.717, 1.165) is 12.1 Å². The fourth-order valence-corrected chi connectivity index (χ4v) is 2.17. The Balaban J connectivity index is 2.06. The van der Waals surface area contributed by atoms with Crippen LogP contribution >= 0.6 is 0 Å². The lowest BCUT2D eigenvalue weighted by Gasteiger charge is -2.28. The number of anilines is 1. The van der Waals surface area contributed by atoms with E-state index in [0.29, 0.717) is 0 Å². The predicted molar refractivity (Wildman–Crippen MR) is 67.5 cm³/mol. The van der Waals surface area contributed by atoms with Gasteiger partial charge in [-0.15, -0.1) is 0 Å². The monoisotopic (exact) mass is 219 g/mol. The van der Waals surface area contributed by atoms with Crippen molar-refractivity contribution >= 4 is 5.69 Å². The molecule has 0 radical (unpaired) electrons. The Labute approximate surface area is 97.7 Å². The summed E-state index contributed by atoms with van der Waals surface area (Å²) in [7, 11) is 0. The van der Waals surface area contributed by atoms with Gasteiger partial charge in [-0.2, -0.15) is 0 Å². The summed E-state index contributed by atoms with van der Waals surface area (Å²) >= 11 is 0. The molecule has 1 aliphatic rings. The van der Waals surface area contributed by atoms with Gasteiger partial charge >= 0.3 is 0 Å². The van der Waals surface area contributed by atoms with E-state index >= 15 is 0 Å². The third kappa shape index (κ3) is 2.53. The van der Waals surface area contributed by atoms with Gasteiger partial charge in [0.15, 0.2) is 0 Å². The Kier molecular flexibility index (Phi) is 3.78. The van der Waals surface area contributed by atoms with E-state index in [2.05, 4.69) is 28.9 Å². The minimum atomic E-state index is 0.0791. The van der Waals surface area contributed by atoms with Gasteiger partial charge in [-0.05, 0) is 37.8 Å². The Morgan fingerprint density at radius 1 is 1.31 bits per heavy atom. The number of hydrogen-bond donors (Lipinski definition) is 1. The topological polar surface area (TPSA) is 42.1 Å². The first kappa shape index (κ1) is 11.4. The maximum atomic E-state index is 5.95. The van der Waals surface area contributed by atoms with E-state index in [1.54, 1.807) is 0 Å². The Bertz CT molecular complexity index is 314. The lowest BCUT2D eigenvalue weighted by Crippen LogP contribution is -2.29. The summed E-state index contributed by atoms with van der Waals surface area (Å²) in [5.41, 5.74) is 8.19. The molecule has 1 atom stereocenters. The van der Waals surface area contributed by atoms with Crippen LogP contribution in [0.5, 0.6) is 0 Å². The molecule has 3 nitrogen and oxygen atoms in total. The average molecular weight is 219 g/mol. The normalized spacial score (nSPS) is 18.5. The van der Waals surface area contributed by atoms with Crippen molar-refractivity contribution in [2.75, 3.05) is 18.0 Å². The molecule has 1 aromatic rings. The summed E-state index contributed by atoms with van der Waals surface area (Å²) in [6, 6.07) is 4.30. The van der Waals surface area contributed by atoms with Crippen LogP contribution in [0, 0.1) is 0 Å². The molecule has 3 heteroatoms. The number of hydrogen-bond acceptors (Lipinski definition) is 3. The molecule has 0 spiro atoms. The smallest absolute Gasteiger partial charge is 0.0572 e. The first-order valence-electron chi connectivity index (χ1n) is 6.27. The molecule has 16 heavy (non-hydrogen) atoms. The second-order valence-electron chi connectivity index (χ2n) is 4.50. The van der Waals surface area contributed by atoms with Gasteiger partial charge in [0.05, 0.1) is 17.6 Å². The summed E-state index contributed by atoms with van der Waals surface area (Å²) < 4.78 is 0. The van der Waals surface area contributed by atoms with E-state index in [-0.39, 0.29) is 6.04 Å². The average Bonchev–Trinajstić information content (AvgIpc) is 2.39. The molecular weight excluding hydrogens is 198 g/mol. The standard InChI is InChI=1S/C13H21N3/c1-2-12(14)13-7-6-11(10-15-13)16-8-4-3-5-9-16/h6-7,10,12H,2-5,8-9,14H2,1H3/t12-/m0/s1. The molecule has 1 aliphatic heterocycles. The minimum absolute atomic E-state index is 0.0791. The molecule has 0 amide bonds. The molecule has 1 fully saturated rings. The van der Waals surface area contributed by atoms with Crippen molar-refractivity contribution in [2.45, 2.75) is 38.6 Å². The first-order valence-corrected chi connectivity index (χ1v) is 6.27. The van der Waals surface area contributed by atoms with Crippen molar-refractivity contribution in [3.8, 4) is 0 Å². The van der Waals surface area contributed by atoms with Crippen LogP contribution < -0.4 is 10.6 Å². The van der Waals surface area contributed by atoms with Gasteiger partial charge in [0.2, 0.25) is 0 Å². The zero-order valence-electron chi connectivity index (χ0n) is 10.0. The number of nitrogens with two attached hydrogens (primary N) is 1. The molecule has 0 aliphatic carbocycles. The van der Waals surface area contributed by atoms with Gasteiger partial charge in [0.1, 0.15) is 0 Å².